The molecule has 0 heterocycles. The van der Waals surface area contributed by atoms with Crippen molar-refractivity contribution in [2.24, 2.45) is 5.92 Å². The summed E-state index contributed by atoms with van der Waals surface area (Å²) >= 11 is 0. The lowest BCUT2D eigenvalue weighted by Gasteiger charge is -2.21. The van der Waals surface area contributed by atoms with Gasteiger partial charge in [0.15, 0.2) is 0 Å². The second kappa shape index (κ2) is 6.41. The lowest BCUT2D eigenvalue weighted by molar-refractivity contribution is -0.00164. The summed E-state index contributed by atoms with van der Waals surface area (Å²) in [4.78, 5) is 0. The summed E-state index contributed by atoms with van der Waals surface area (Å²) in [5.74, 6) is 0.765. The van der Waals surface area contributed by atoms with Crippen molar-refractivity contribution in [3.63, 3.8) is 0 Å². The molecule has 0 saturated heterocycles. The van der Waals surface area contributed by atoms with Gasteiger partial charge in [0.05, 0.1) is 12.2 Å². The standard InChI is InChI=1S/C12H27NO/c1-10(2)9-11(3)13-7-8-14-12(4,5)6/h10-11,13H,7-9H2,1-6H3. The molecule has 0 aromatic carbocycles. The molecule has 0 aliphatic rings. The van der Waals surface area contributed by atoms with Gasteiger partial charge in [-0.2, -0.15) is 0 Å². The quantitative estimate of drug-likeness (QED) is 0.667. The molecule has 0 aromatic rings. The van der Waals surface area contributed by atoms with E-state index in [4.69, 9.17) is 4.74 Å². The molecule has 0 radical (unpaired) electrons. The minimum Gasteiger partial charge on any atom is -0.375 e. The highest BCUT2D eigenvalue weighted by Crippen LogP contribution is 2.06. The monoisotopic (exact) mass is 201 g/mol. The predicted molar refractivity (Wildman–Crippen MR) is 62.6 cm³/mol. The molecule has 0 aromatic heterocycles. The van der Waals surface area contributed by atoms with Crippen LogP contribution in [0.2, 0.25) is 0 Å². The lowest BCUT2D eigenvalue weighted by atomic mass is 10.1. The fraction of sp³-hybridized carbons (Fsp3) is 1.00. The van der Waals surface area contributed by atoms with Crippen molar-refractivity contribution < 1.29 is 4.74 Å². The fourth-order valence-corrected chi connectivity index (χ4v) is 1.45. The maximum absolute atomic E-state index is 5.62. The van der Waals surface area contributed by atoms with Crippen molar-refractivity contribution >= 4 is 0 Å². The van der Waals surface area contributed by atoms with Gasteiger partial charge in [0.1, 0.15) is 0 Å². The molecule has 2 heteroatoms. The van der Waals surface area contributed by atoms with E-state index in [1.54, 1.807) is 0 Å². The SMILES string of the molecule is CC(C)CC(C)NCCOC(C)(C)C. The van der Waals surface area contributed by atoms with Gasteiger partial charge >= 0.3 is 0 Å². The first-order chi connectivity index (χ1) is 6.31. The molecule has 0 bridgehead atoms. The number of nitrogens with one attached hydrogen (secondary N) is 1. The Morgan fingerprint density at radius 1 is 1.14 bits per heavy atom. The Bertz CT molecular complexity index is 138. The third-order valence-corrected chi connectivity index (χ3v) is 1.95. The van der Waals surface area contributed by atoms with E-state index in [9.17, 15) is 0 Å². The maximum Gasteiger partial charge on any atom is 0.0599 e. The minimum absolute atomic E-state index is 0.0109. The van der Waals surface area contributed by atoms with Crippen LogP contribution >= 0.6 is 0 Å². The van der Waals surface area contributed by atoms with Gasteiger partial charge in [0.25, 0.3) is 0 Å². The molecule has 2 nitrogen and oxygen atoms in total. The van der Waals surface area contributed by atoms with E-state index in [1.165, 1.54) is 6.42 Å². The number of hydrogen-bond donors (Lipinski definition) is 1. The van der Waals surface area contributed by atoms with Gasteiger partial charge in [-0.15, -0.1) is 0 Å². The van der Waals surface area contributed by atoms with Crippen LogP contribution in [0.1, 0.15) is 48.0 Å². The summed E-state index contributed by atoms with van der Waals surface area (Å²) in [6.07, 6.45) is 1.23. The number of ether oxygens (including phenoxy) is 1. The van der Waals surface area contributed by atoms with E-state index in [1.807, 2.05) is 0 Å². The van der Waals surface area contributed by atoms with Gasteiger partial charge in [0.2, 0.25) is 0 Å². The number of rotatable bonds is 6. The molecule has 0 rings (SSSR count). The minimum atomic E-state index is -0.0109. The van der Waals surface area contributed by atoms with Crippen LogP contribution in [0.5, 0.6) is 0 Å². The molecule has 0 saturated carbocycles. The van der Waals surface area contributed by atoms with Crippen molar-refractivity contribution in [1.82, 2.24) is 5.32 Å². The molecule has 0 aliphatic heterocycles. The fourth-order valence-electron chi connectivity index (χ4n) is 1.45. The van der Waals surface area contributed by atoms with Crippen LogP contribution in [-0.2, 0) is 4.74 Å². The molecule has 0 spiro atoms. The van der Waals surface area contributed by atoms with E-state index in [-0.39, 0.29) is 5.60 Å². The Labute approximate surface area is 89.4 Å². The smallest absolute Gasteiger partial charge is 0.0599 e. The van der Waals surface area contributed by atoms with E-state index in [0.717, 1.165) is 19.1 Å². The highest BCUT2D eigenvalue weighted by molar-refractivity contribution is 4.64. The van der Waals surface area contributed by atoms with Gasteiger partial charge in [0, 0.05) is 12.6 Å². The van der Waals surface area contributed by atoms with Crippen LogP contribution in [0, 0.1) is 5.92 Å². The first kappa shape index (κ1) is 13.9. The molecule has 1 atom stereocenters. The summed E-state index contributed by atoms with van der Waals surface area (Å²) in [5, 5.41) is 3.46. The summed E-state index contributed by atoms with van der Waals surface area (Å²) in [6.45, 7) is 14.8. The molecule has 0 fully saturated rings. The molecule has 0 aliphatic carbocycles. The molecule has 1 unspecified atom stereocenters. The molecule has 0 amide bonds. The van der Waals surface area contributed by atoms with Crippen LogP contribution in [0.25, 0.3) is 0 Å². The highest BCUT2D eigenvalue weighted by atomic mass is 16.5. The predicted octanol–water partition coefficient (Wildman–Crippen LogP) is 2.83. The van der Waals surface area contributed by atoms with Gasteiger partial charge in [-0.1, -0.05) is 13.8 Å². The van der Waals surface area contributed by atoms with E-state index >= 15 is 0 Å². The summed E-state index contributed by atoms with van der Waals surface area (Å²) in [6, 6.07) is 0.596. The lowest BCUT2D eigenvalue weighted by Crippen LogP contribution is -2.32. The third-order valence-electron chi connectivity index (χ3n) is 1.95. The first-order valence-electron chi connectivity index (χ1n) is 5.68. The van der Waals surface area contributed by atoms with Gasteiger partial charge < -0.3 is 10.1 Å². The van der Waals surface area contributed by atoms with Crippen LogP contribution in [0.3, 0.4) is 0 Å². The van der Waals surface area contributed by atoms with E-state index in [0.29, 0.717) is 6.04 Å². The maximum atomic E-state index is 5.62. The van der Waals surface area contributed by atoms with Crippen molar-refractivity contribution in [3.8, 4) is 0 Å². The Morgan fingerprint density at radius 3 is 2.14 bits per heavy atom. The van der Waals surface area contributed by atoms with Crippen LogP contribution in [0.15, 0.2) is 0 Å². The van der Waals surface area contributed by atoms with E-state index < -0.39 is 0 Å². The first-order valence-corrected chi connectivity index (χ1v) is 5.68. The Hall–Kier alpha value is -0.0800. The molecule has 14 heavy (non-hydrogen) atoms. The number of hydrogen-bond acceptors (Lipinski definition) is 2. The zero-order chi connectivity index (χ0) is 11.2. The molecular formula is C12H27NO. The zero-order valence-electron chi connectivity index (χ0n) is 10.7. The Kier molecular flexibility index (Phi) is 6.38. The largest absolute Gasteiger partial charge is 0.375 e. The highest BCUT2D eigenvalue weighted by Gasteiger charge is 2.09. The summed E-state index contributed by atoms with van der Waals surface area (Å²) in [5.41, 5.74) is -0.0109. The van der Waals surface area contributed by atoms with Crippen LogP contribution in [0.4, 0.5) is 0 Å². The van der Waals surface area contributed by atoms with Crippen molar-refractivity contribution in [3.05, 3.63) is 0 Å². The average molecular weight is 201 g/mol. The van der Waals surface area contributed by atoms with Crippen LogP contribution < -0.4 is 5.32 Å². The normalized spacial score (nSPS) is 14.8. The van der Waals surface area contributed by atoms with Gasteiger partial charge in [-0.05, 0) is 40.0 Å². The average Bonchev–Trinajstić information content (AvgIpc) is 1.95. The van der Waals surface area contributed by atoms with Crippen LogP contribution in [-0.4, -0.2) is 24.8 Å². The zero-order valence-corrected chi connectivity index (χ0v) is 10.7. The van der Waals surface area contributed by atoms with Gasteiger partial charge in [-0.25, -0.2) is 0 Å². The van der Waals surface area contributed by atoms with Crippen molar-refractivity contribution in [1.29, 1.82) is 0 Å². The molecular weight excluding hydrogens is 174 g/mol. The Balaban J connectivity index is 3.36. The summed E-state index contributed by atoms with van der Waals surface area (Å²) < 4.78 is 5.62. The molecule has 86 valence electrons. The van der Waals surface area contributed by atoms with E-state index in [2.05, 4.69) is 46.9 Å². The third kappa shape index (κ3) is 10.0. The van der Waals surface area contributed by atoms with Crippen molar-refractivity contribution in [2.75, 3.05) is 13.2 Å². The second-order valence-electron chi connectivity index (χ2n) is 5.45. The topological polar surface area (TPSA) is 21.3 Å². The van der Waals surface area contributed by atoms with Crippen molar-refractivity contribution in [2.45, 2.75) is 59.6 Å². The summed E-state index contributed by atoms with van der Waals surface area (Å²) in [7, 11) is 0. The Morgan fingerprint density at radius 2 is 1.71 bits per heavy atom. The van der Waals surface area contributed by atoms with Gasteiger partial charge in [-0.3, -0.25) is 0 Å². The molecule has 1 N–H and O–H groups in total. The second-order valence-corrected chi connectivity index (χ2v) is 5.45.